The lowest BCUT2D eigenvalue weighted by atomic mass is 10.1. The summed E-state index contributed by atoms with van der Waals surface area (Å²) < 4.78 is 5.02. The predicted molar refractivity (Wildman–Crippen MR) is 70.9 cm³/mol. The first-order valence-electron chi connectivity index (χ1n) is 5.71. The first-order valence-corrected chi connectivity index (χ1v) is 6.70. The van der Waals surface area contributed by atoms with Crippen molar-refractivity contribution >= 4 is 11.8 Å². The van der Waals surface area contributed by atoms with Gasteiger partial charge in [0.15, 0.2) is 0 Å². The van der Waals surface area contributed by atoms with Crippen molar-refractivity contribution < 1.29 is 4.74 Å². The minimum absolute atomic E-state index is 0.119. The van der Waals surface area contributed by atoms with Crippen molar-refractivity contribution in [1.29, 1.82) is 0 Å². The topological polar surface area (TPSA) is 35.2 Å². The molecule has 1 rings (SSSR count). The van der Waals surface area contributed by atoms with E-state index in [0.29, 0.717) is 0 Å². The zero-order valence-electron chi connectivity index (χ0n) is 10.1. The SMILES string of the molecule is COCCCCSc1cccc(C(C)N)c1. The van der Waals surface area contributed by atoms with Crippen LogP contribution in [0, 0.1) is 0 Å². The van der Waals surface area contributed by atoms with Gasteiger partial charge in [-0.05, 0) is 43.2 Å². The van der Waals surface area contributed by atoms with Gasteiger partial charge in [0, 0.05) is 24.7 Å². The van der Waals surface area contributed by atoms with Crippen molar-refractivity contribution in [2.24, 2.45) is 5.73 Å². The third kappa shape index (κ3) is 5.01. The Kier molecular flexibility index (Phi) is 6.53. The molecule has 0 aromatic heterocycles. The molecule has 1 unspecified atom stereocenters. The van der Waals surface area contributed by atoms with E-state index in [1.54, 1.807) is 7.11 Å². The Morgan fingerprint density at radius 1 is 1.38 bits per heavy atom. The Bertz CT molecular complexity index is 302. The smallest absolute Gasteiger partial charge is 0.0462 e. The van der Waals surface area contributed by atoms with E-state index >= 15 is 0 Å². The molecular weight excluding hydrogens is 218 g/mol. The van der Waals surface area contributed by atoms with E-state index in [0.717, 1.165) is 18.8 Å². The highest BCUT2D eigenvalue weighted by molar-refractivity contribution is 7.99. The van der Waals surface area contributed by atoms with Crippen LogP contribution in [-0.2, 0) is 4.74 Å². The van der Waals surface area contributed by atoms with Crippen LogP contribution in [0.15, 0.2) is 29.2 Å². The molecule has 1 aromatic carbocycles. The second-order valence-electron chi connectivity index (χ2n) is 3.91. The molecule has 2 N–H and O–H groups in total. The van der Waals surface area contributed by atoms with E-state index < -0.39 is 0 Å². The molecule has 0 heterocycles. The molecule has 16 heavy (non-hydrogen) atoms. The fraction of sp³-hybridized carbons (Fsp3) is 0.538. The monoisotopic (exact) mass is 239 g/mol. The van der Waals surface area contributed by atoms with Crippen molar-refractivity contribution in [2.45, 2.75) is 30.7 Å². The fourth-order valence-corrected chi connectivity index (χ4v) is 2.40. The molecule has 0 saturated carbocycles. The highest BCUT2D eigenvalue weighted by Crippen LogP contribution is 2.22. The van der Waals surface area contributed by atoms with E-state index in [4.69, 9.17) is 10.5 Å². The second kappa shape index (κ2) is 7.71. The van der Waals surface area contributed by atoms with Crippen LogP contribution in [0.5, 0.6) is 0 Å². The van der Waals surface area contributed by atoms with Gasteiger partial charge in [0.2, 0.25) is 0 Å². The van der Waals surface area contributed by atoms with Gasteiger partial charge >= 0.3 is 0 Å². The molecular formula is C13H21NOS. The molecule has 1 aromatic rings. The largest absolute Gasteiger partial charge is 0.385 e. The van der Waals surface area contributed by atoms with E-state index in [-0.39, 0.29) is 6.04 Å². The fourth-order valence-electron chi connectivity index (χ4n) is 1.43. The van der Waals surface area contributed by atoms with Crippen molar-refractivity contribution in [3.8, 4) is 0 Å². The standard InChI is InChI=1S/C13H21NOS/c1-11(14)12-6-5-7-13(10-12)16-9-4-3-8-15-2/h5-7,10-11H,3-4,8-9,14H2,1-2H3. The number of hydrogen-bond acceptors (Lipinski definition) is 3. The molecule has 0 aliphatic carbocycles. The normalized spacial score (nSPS) is 12.7. The maximum absolute atomic E-state index is 5.85. The molecule has 0 aliphatic rings. The summed E-state index contributed by atoms with van der Waals surface area (Å²) in [5.74, 6) is 1.14. The molecule has 2 nitrogen and oxygen atoms in total. The number of rotatable bonds is 7. The van der Waals surface area contributed by atoms with Crippen LogP contribution in [-0.4, -0.2) is 19.5 Å². The molecule has 3 heteroatoms. The molecule has 0 amide bonds. The third-order valence-electron chi connectivity index (χ3n) is 2.40. The van der Waals surface area contributed by atoms with E-state index in [2.05, 4.69) is 24.3 Å². The van der Waals surface area contributed by atoms with Crippen LogP contribution >= 0.6 is 11.8 Å². The molecule has 90 valence electrons. The maximum Gasteiger partial charge on any atom is 0.0462 e. The number of hydrogen-bond donors (Lipinski definition) is 1. The van der Waals surface area contributed by atoms with Gasteiger partial charge in [-0.3, -0.25) is 0 Å². The molecule has 0 spiro atoms. The Hall–Kier alpha value is -0.510. The first-order chi connectivity index (χ1) is 7.74. The van der Waals surface area contributed by atoms with Crippen LogP contribution in [0.25, 0.3) is 0 Å². The summed E-state index contributed by atoms with van der Waals surface area (Å²) in [6.45, 7) is 2.88. The van der Waals surface area contributed by atoms with Crippen LogP contribution in [0.2, 0.25) is 0 Å². The summed E-state index contributed by atoms with van der Waals surface area (Å²) in [6.07, 6.45) is 2.33. The van der Waals surface area contributed by atoms with Gasteiger partial charge in [-0.1, -0.05) is 12.1 Å². The predicted octanol–water partition coefficient (Wildman–Crippen LogP) is 3.23. The zero-order valence-corrected chi connectivity index (χ0v) is 10.9. The summed E-state index contributed by atoms with van der Waals surface area (Å²) in [5, 5.41) is 0. The summed E-state index contributed by atoms with van der Waals surface area (Å²) in [5.41, 5.74) is 7.06. The Balaban J connectivity index is 2.33. The Morgan fingerprint density at radius 3 is 2.88 bits per heavy atom. The van der Waals surface area contributed by atoms with Gasteiger partial charge in [-0.15, -0.1) is 11.8 Å². The number of ether oxygens (including phenoxy) is 1. The minimum atomic E-state index is 0.119. The summed E-state index contributed by atoms with van der Waals surface area (Å²) in [4.78, 5) is 1.31. The van der Waals surface area contributed by atoms with E-state index in [1.165, 1.54) is 16.9 Å². The third-order valence-corrected chi connectivity index (χ3v) is 3.48. The van der Waals surface area contributed by atoms with Crippen LogP contribution in [0.1, 0.15) is 31.4 Å². The summed E-state index contributed by atoms with van der Waals surface area (Å²) >= 11 is 1.89. The van der Waals surface area contributed by atoms with Crippen molar-refractivity contribution in [3.05, 3.63) is 29.8 Å². The van der Waals surface area contributed by atoms with Gasteiger partial charge in [0.1, 0.15) is 0 Å². The molecule has 0 saturated heterocycles. The highest BCUT2D eigenvalue weighted by atomic mass is 32.2. The summed E-state index contributed by atoms with van der Waals surface area (Å²) in [6, 6.07) is 8.61. The number of methoxy groups -OCH3 is 1. The number of thioether (sulfide) groups is 1. The Labute approximate surface area is 103 Å². The first kappa shape index (κ1) is 13.6. The molecule has 0 radical (unpaired) electrons. The van der Waals surface area contributed by atoms with E-state index in [9.17, 15) is 0 Å². The van der Waals surface area contributed by atoms with Crippen molar-refractivity contribution in [1.82, 2.24) is 0 Å². The summed E-state index contributed by atoms with van der Waals surface area (Å²) in [7, 11) is 1.75. The van der Waals surface area contributed by atoms with Crippen molar-refractivity contribution in [3.63, 3.8) is 0 Å². The average molecular weight is 239 g/mol. The Morgan fingerprint density at radius 2 is 2.19 bits per heavy atom. The lowest BCUT2D eigenvalue weighted by molar-refractivity contribution is 0.194. The zero-order chi connectivity index (χ0) is 11.8. The number of nitrogens with two attached hydrogens (primary N) is 1. The second-order valence-corrected chi connectivity index (χ2v) is 5.08. The van der Waals surface area contributed by atoms with E-state index in [1.807, 2.05) is 18.7 Å². The average Bonchev–Trinajstić information content (AvgIpc) is 2.29. The maximum atomic E-state index is 5.85. The molecule has 0 fully saturated rings. The lowest BCUT2D eigenvalue weighted by Crippen LogP contribution is -2.04. The minimum Gasteiger partial charge on any atom is -0.385 e. The van der Waals surface area contributed by atoms with Crippen LogP contribution < -0.4 is 5.73 Å². The number of unbranched alkanes of at least 4 members (excludes halogenated alkanes) is 1. The number of benzene rings is 1. The van der Waals surface area contributed by atoms with Gasteiger partial charge < -0.3 is 10.5 Å². The molecule has 0 aliphatic heterocycles. The van der Waals surface area contributed by atoms with Gasteiger partial charge in [0.25, 0.3) is 0 Å². The quantitative estimate of drug-likeness (QED) is 0.586. The highest BCUT2D eigenvalue weighted by Gasteiger charge is 2.00. The lowest BCUT2D eigenvalue weighted by Gasteiger charge is -2.07. The van der Waals surface area contributed by atoms with Gasteiger partial charge in [0.05, 0.1) is 0 Å². The van der Waals surface area contributed by atoms with Gasteiger partial charge in [-0.2, -0.15) is 0 Å². The van der Waals surface area contributed by atoms with Crippen molar-refractivity contribution in [2.75, 3.05) is 19.5 Å². The van der Waals surface area contributed by atoms with Crippen LogP contribution in [0.3, 0.4) is 0 Å². The van der Waals surface area contributed by atoms with Crippen LogP contribution in [0.4, 0.5) is 0 Å². The van der Waals surface area contributed by atoms with Gasteiger partial charge in [-0.25, -0.2) is 0 Å². The molecule has 1 atom stereocenters. The molecule has 0 bridgehead atoms.